The van der Waals surface area contributed by atoms with Crippen LogP contribution in [0.15, 0.2) is 48.5 Å². The van der Waals surface area contributed by atoms with E-state index in [-0.39, 0.29) is 17.8 Å². The molecule has 0 spiro atoms. The largest absolute Gasteiger partial charge is 0.464 e. The number of anilines is 1. The van der Waals surface area contributed by atoms with E-state index < -0.39 is 5.37 Å². The molecule has 3 rings (SSSR count). The maximum Gasteiger partial charge on any atom is 0.339 e. The van der Waals surface area contributed by atoms with Gasteiger partial charge in [0.2, 0.25) is 0 Å². The van der Waals surface area contributed by atoms with Crippen LogP contribution in [0.3, 0.4) is 0 Å². The first-order valence-electron chi connectivity index (χ1n) is 7.99. The van der Waals surface area contributed by atoms with E-state index in [9.17, 15) is 9.18 Å². The zero-order chi connectivity index (χ0) is 17.1. The Kier molecular flexibility index (Phi) is 5.09. The van der Waals surface area contributed by atoms with Crippen molar-refractivity contribution >= 4 is 23.4 Å². The number of halogens is 1. The molecule has 1 heterocycles. The van der Waals surface area contributed by atoms with Crippen LogP contribution in [-0.4, -0.2) is 23.7 Å². The van der Waals surface area contributed by atoms with Gasteiger partial charge in [-0.15, -0.1) is 11.8 Å². The highest BCUT2D eigenvalue weighted by Gasteiger charge is 2.40. The molecule has 1 aliphatic heterocycles. The van der Waals surface area contributed by atoms with Crippen LogP contribution in [-0.2, 0) is 9.53 Å². The first kappa shape index (κ1) is 16.8. The van der Waals surface area contributed by atoms with E-state index in [2.05, 4.69) is 0 Å². The van der Waals surface area contributed by atoms with Crippen molar-refractivity contribution in [3.63, 3.8) is 0 Å². The van der Waals surface area contributed by atoms with Crippen LogP contribution >= 0.6 is 11.8 Å². The Hall–Kier alpha value is -2.01. The van der Waals surface area contributed by atoms with E-state index in [1.165, 1.54) is 17.8 Å². The third-order valence-electron chi connectivity index (χ3n) is 4.13. The van der Waals surface area contributed by atoms with Gasteiger partial charge in [0.25, 0.3) is 0 Å². The topological polar surface area (TPSA) is 29.5 Å². The minimum absolute atomic E-state index is 0.00714. The SMILES string of the molecule is CCOC(=O)C1SCC(c2ccccc2)N1c1ccc(C)c(F)c1. The lowest BCUT2D eigenvalue weighted by Crippen LogP contribution is -2.37. The Labute approximate surface area is 145 Å². The van der Waals surface area contributed by atoms with Crippen LogP contribution in [0.2, 0.25) is 0 Å². The highest BCUT2D eigenvalue weighted by Crippen LogP contribution is 2.42. The third kappa shape index (κ3) is 3.26. The summed E-state index contributed by atoms with van der Waals surface area (Å²) in [4.78, 5) is 14.4. The van der Waals surface area contributed by atoms with Gasteiger partial charge in [0.15, 0.2) is 5.37 Å². The van der Waals surface area contributed by atoms with E-state index >= 15 is 0 Å². The fourth-order valence-corrected chi connectivity index (χ4v) is 4.24. The van der Waals surface area contributed by atoms with Crippen LogP contribution in [0.5, 0.6) is 0 Å². The van der Waals surface area contributed by atoms with Gasteiger partial charge in [-0.1, -0.05) is 36.4 Å². The van der Waals surface area contributed by atoms with Gasteiger partial charge in [-0.25, -0.2) is 9.18 Å². The van der Waals surface area contributed by atoms with E-state index in [1.807, 2.05) is 41.3 Å². The molecule has 126 valence electrons. The number of benzene rings is 2. The summed E-state index contributed by atoms with van der Waals surface area (Å²) in [6.45, 7) is 3.86. The van der Waals surface area contributed by atoms with Gasteiger partial charge in [-0.05, 0) is 37.1 Å². The Balaban J connectivity index is 2.00. The summed E-state index contributed by atoms with van der Waals surface area (Å²) in [7, 11) is 0. The van der Waals surface area contributed by atoms with Gasteiger partial charge in [0, 0.05) is 11.4 Å². The molecular formula is C19H20FNO2S. The summed E-state index contributed by atoms with van der Waals surface area (Å²) in [5.41, 5.74) is 2.40. The molecular weight excluding hydrogens is 325 g/mol. The highest BCUT2D eigenvalue weighted by atomic mass is 32.2. The third-order valence-corrected chi connectivity index (χ3v) is 5.37. The number of carbonyl (C=O) groups excluding carboxylic acids is 1. The minimum atomic E-state index is -0.461. The van der Waals surface area contributed by atoms with E-state index in [4.69, 9.17) is 4.74 Å². The zero-order valence-electron chi connectivity index (χ0n) is 13.7. The number of hydrogen-bond donors (Lipinski definition) is 0. The fraction of sp³-hybridized carbons (Fsp3) is 0.316. The number of hydrogen-bond acceptors (Lipinski definition) is 4. The lowest BCUT2D eigenvalue weighted by atomic mass is 10.1. The van der Waals surface area contributed by atoms with E-state index in [1.54, 1.807) is 19.9 Å². The number of thioether (sulfide) groups is 1. The Morgan fingerprint density at radius 2 is 2.04 bits per heavy atom. The van der Waals surface area contributed by atoms with Gasteiger partial charge in [-0.2, -0.15) is 0 Å². The standard InChI is InChI=1S/C19H20FNO2S/c1-3-23-19(22)18-21(15-10-9-13(2)16(20)11-15)17(12-24-18)14-7-5-4-6-8-14/h4-11,17-18H,3,12H2,1-2H3. The minimum Gasteiger partial charge on any atom is -0.464 e. The van der Waals surface area contributed by atoms with Gasteiger partial charge in [0.05, 0.1) is 12.6 Å². The van der Waals surface area contributed by atoms with Crippen LogP contribution in [0.4, 0.5) is 10.1 Å². The van der Waals surface area contributed by atoms with E-state index in [0.717, 1.165) is 11.3 Å². The molecule has 0 radical (unpaired) electrons. The quantitative estimate of drug-likeness (QED) is 0.772. The summed E-state index contributed by atoms with van der Waals surface area (Å²) in [5, 5.41) is -0.461. The second-order valence-corrected chi connectivity index (χ2v) is 6.82. The molecule has 3 nitrogen and oxygen atoms in total. The second-order valence-electron chi connectivity index (χ2n) is 5.70. The van der Waals surface area contributed by atoms with Crippen molar-refractivity contribution in [2.75, 3.05) is 17.3 Å². The average Bonchev–Trinajstić information content (AvgIpc) is 3.03. The van der Waals surface area contributed by atoms with Crippen molar-refractivity contribution in [3.05, 3.63) is 65.5 Å². The molecule has 2 atom stereocenters. The molecule has 0 saturated carbocycles. The van der Waals surface area contributed by atoms with Crippen LogP contribution in [0, 0.1) is 12.7 Å². The Bertz CT molecular complexity index is 723. The summed E-state index contributed by atoms with van der Waals surface area (Å²) in [5.74, 6) is 0.212. The van der Waals surface area contributed by atoms with Crippen molar-refractivity contribution in [2.45, 2.75) is 25.3 Å². The number of aryl methyl sites for hydroxylation is 1. The molecule has 1 aliphatic rings. The smallest absolute Gasteiger partial charge is 0.339 e. The van der Waals surface area contributed by atoms with Crippen molar-refractivity contribution in [3.8, 4) is 0 Å². The molecule has 0 aromatic heterocycles. The summed E-state index contributed by atoms with van der Waals surface area (Å²) in [6, 6.07) is 15.1. The van der Waals surface area contributed by atoms with Crippen molar-refractivity contribution in [1.82, 2.24) is 0 Å². The molecule has 5 heteroatoms. The molecule has 0 N–H and O–H groups in total. The molecule has 1 saturated heterocycles. The average molecular weight is 345 g/mol. The number of nitrogens with zero attached hydrogens (tertiary/aromatic N) is 1. The lowest BCUT2D eigenvalue weighted by Gasteiger charge is -2.30. The van der Waals surface area contributed by atoms with Crippen LogP contribution in [0.1, 0.15) is 24.1 Å². The highest BCUT2D eigenvalue weighted by molar-refractivity contribution is 8.01. The van der Waals surface area contributed by atoms with E-state index in [0.29, 0.717) is 17.9 Å². The number of carbonyl (C=O) groups is 1. The molecule has 2 aromatic carbocycles. The maximum absolute atomic E-state index is 14.1. The van der Waals surface area contributed by atoms with Gasteiger partial charge in [-0.3, -0.25) is 0 Å². The second kappa shape index (κ2) is 7.26. The van der Waals surface area contributed by atoms with Gasteiger partial charge >= 0.3 is 5.97 Å². The Morgan fingerprint density at radius 1 is 1.29 bits per heavy atom. The monoisotopic (exact) mass is 345 g/mol. The lowest BCUT2D eigenvalue weighted by molar-refractivity contribution is -0.142. The first-order valence-corrected chi connectivity index (χ1v) is 9.04. The summed E-state index contributed by atoms with van der Waals surface area (Å²) >= 11 is 1.54. The van der Waals surface area contributed by atoms with Crippen LogP contribution < -0.4 is 4.90 Å². The zero-order valence-corrected chi connectivity index (χ0v) is 14.6. The molecule has 0 aliphatic carbocycles. The summed E-state index contributed by atoms with van der Waals surface area (Å²) < 4.78 is 19.3. The number of ether oxygens (including phenoxy) is 1. The Morgan fingerprint density at radius 3 is 2.71 bits per heavy atom. The molecule has 24 heavy (non-hydrogen) atoms. The van der Waals surface area contributed by atoms with Gasteiger partial charge in [0.1, 0.15) is 5.82 Å². The van der Waals surface area contributed by atoms with Crippen molar-refractivity contribution in [1.29, 1.82) is 0 Å². The van der Waals surface area contributed by atoms with Crippen molar-refractivity contribution < 1.29 is 13.9 Å². The molecule has 2 unspecified atom stereocenters. The first-order chi connectivity index (χ1) is 11.6. The predicted octanol–water partition coefficient (Wildman–Crippen LogP) is 4.32. The molecule has 0 bridgehead atoms. The predicted molar refractivity (Wildman–Crippen MR) is 95.7 cm³/mol. The molecule has 2 aromatic rings. The maximum atomic E-state index is 14.1. The normalized spacial score (nSPS) is 20.2. The molecule has 0 amide bonds. The number of rotatable bonds is 4. The molecule has 1 fully saturated rings. The van der Waals surface area contributed by atoms with Crippen molar-refractivity contribution in [2.24, 2.45) is 0 Å². The van der Waals surface area contributed by atoms with Crippen LogP contribution in [0.25, 0.3) is 0 Å². The summed E-state index contributed by atoms with van der Waals surface area (Å²) in [6.07, 6.45) is 0. The number of esters is 1. The fourth-order valence-electron chi connectivity index (χ4n) is 2.89. The van der Waals surface area contributed by atoms with Gasteiger partial charge < -0.3 is 9.64 Å².